The highest BCUT2D eigenvalue weighted by Gasteiger charge is 2.54. The number of hydrogen-bond acceptors (Lipinski definition) is 1. The van der Waals surface area contributed by atoms with Crippen LogP contribution in [0.25, 0.3) is 0 Å². The van der Waals surface area contributed by atoms with Crippen molar-refractivity contribution < 1.29 is 22.3 Å². The molecule has 0 spiro atoms. The first-order chi connectivity index (χ1) is 6.84. The molecule has 0 aromatic heterocycles. The fourth-order valence-electron chi connectivity index (χ4n) is 0.843. The van der Waals surface area contributed by atoms with E-state index in [0.717, 1.165) is 13.8 Å². The van der Waals surface area contributed by atoms with Crippen LogP contribution in [0, 0.1) is 11.3 Å². The van der Waals surface area contributed by atoms with E-state index in [-0.39, 0.29) is 0 Å². The molecule has 1 nitrogen and oxygen atoms in total. The summed E-state index contributed by atoms with van der Waals surface area (Å²) >= 11 is 0. The quantitative estimate of drug-likeness (QED) is 0.654. The van der Waals surface area contributed by atoms with Crippen LogP contribution in [0.4, 0.5) is 17.6 Å². The Morgan fingerprint density at radius 2 is 1.31 bits per heavy atom. The van der Waals surface area contributed by atoms with Crippen molar-refractivity contribution in [3.63, 3.8) is 0 Å². The first-order valence-corrected chi connectivity index (χ1v) is 5.20. The van der Waals surface area contributed by atoms with E-state index in [1.165, 1.54) is 13.8 Å². The van der Waals surface area contributed by atoms with Gasteiger partial charge < -0.3 is 4.74 Å². The molecule has 5 heteroatoms. The molecule has 0 aromatic carbocycles. The Hall–Kier alpha value is -0.320. The topological polar surface area (TPSA) is 9.23 Å². The van der Waals surface area contributed by atoms with Crippen LogP contribution in [-0.4, -0.2) is 18.1 Å². The summed E-state index contributed by atoms with van der Waals surface area (Å²) in [6, 6.07) is 0. The first kappa shape index (κ1) is 15.7. The van der Waals surface area contributed by atoms with Gasteiger partial charge in [-0.3, -0.25) is 0 Å². The van der Waals surface area contributed by atoms with Crippen LogP contribution in [0.3, 0.4) is 0 Å². The van der Waals surface area contributed by atoms with Gasteiger partial charge in [0.15, 0.2) is 0 Å². The molecule has 0 unspecified atom stereocenters. The molecule has 0 heterocycles. The molecule has 0 rings (SSSR count). The van der Waals surface area contributed by atoms with E-state index in [1.54, 1.807) is 13.8 Å². The largest absolute Gasteiger partial charge is 0.361 e. The summed E-state index contributed by atoms with van der Waals surface area (Å²) in [4.78, 5) is 0. The molecule has 98 valence electrons. The SMILES string of the molecule is CC(C)C(C)(C)C(F)(F)OC(C)(C)C(F)F. The van der Waals surface area contributed by atoms with Crippen molar-refractivity contribution in [1.29, 1.82) is 0 Å². The highest BCUT2D eigenvalue weighted by atomic mass is 19.3. The van der Waals surface area contributed by atoms with E-state index >= 15 is 0 Å². The number of hydrogen-bond donors (Lipinski definition) is 0. The molecule has 0 aliphatic heterocycles. The van der Waals surface area contributed by atoms with Crippen LogP contribution < -0.4 is 0 Å². The van der Waals surface area contributed by atoms with E-state index in [4.69, 9.17) is 0 Å². The maximum atomic E-state index is 13.8. The monoisotopic (exact) mass is 244 g/mol. The van der Waals surface area contributed by atoms with Crippen molar-refractivity contribution in [1.82, 2.24) is 0 Å². The van der Waals surface area contributed by atoms with Crippen molar-refractivity contribution in [3.8, 4) is 0 Å². The zero-order chi connectivity index (χ0) is 13.4. The van der Waals surface area contributed by atoms with Crippen LogP contribution in [0.2, 0.25) is 0 Å². The summed E-state index contributed by atoms with van der Waals surface area (Å²) in [5.74, 6) is -0.393. The lowest BCUT2D eigenvalue weighted by molar-refractivity contribution is -0.360. The number of halogens is 4. The maximum Gasteiger partial charge on any atom is 0.361 e. The van der Waals surface area contributed by atoms with Gasteiger partial charge in [-0.2, -0.15) is 8.78 Å². The predicted octanol–water partition coefficient (Wildman–Crippen LogP) is 4.32. The van der Waals surface area contributed by atoms with Gasteiger partial charge in [0.1, 0.15) is 5.60 Å². The van der Waals surface area contributed by atoms with E-state index in [1.807, 2.05) is 0 Å². The van der Waals surface area contributed by atoms with Crippen molar-refractivity contribution in [2.75, 3.05) is 0 Å². The molecule has 0 atom stereocenters. The minimum absolute atomic E-state index is 0.393. The summed E-state index contributed by atoms with van der Waals surface area (Å²) in [7, 11) is 0. The van der Waals surface area contributed by atoms with E-state index in [0.29, 0.717) is 0 Å². The van der Waals surface area contributed by atoms with E-state index in [9.17, 15) is 17.6 Å². The Balaban J connectivity index is 4.96. The summed E-state index contributed by atoms with van der Waals surface area (Å²) in [6.45, 7) is 7.74. The first-order valence-electron chi connectivity index (χ1n) is 5.20. The zero-order valence-corrected chi connectivity index (χ0v) is 10.6. The second-order valence-electron chi connectivity index (χ2n) is 5.40. The van der Waals surface area contributed by atoms with Crippen LogP contribution in [0.5, 0.6) is 0 Å². The summed E-state index contributed by atoms with van der Waals surface area (Å²) in [5.41, 5.74) is -3.66. The van der Waals surface area contributed by atoms with Crippen LogP contribution in [0.1, 0.15) is 41.5 Å². The lowest BCUT2D eigenvalue weighted by atomic mass is 9.79. The van der Waals surface area contributed by atoms with Crippen LogP contribution >= 0.6 is 0 Å². The summed E-state index contributed by atoms with van der Waals surface area (Å²) in [5, 5.41) is 0. The van der Waals surface area contributed by atoms with Gasteiger partial charge in [-0.1, -0.05) is 27.7 Å². The highest BCUT2D eigenvalue weighted by molar-refractivity contribution is 4.85. The van der Waals surface area contributed by atoms with Gasteiger partial charge in [0.2, 0.25) is 0 Å². The molecule has 0 bridgehead atoms. The standard InChI is InChI=1S/C11H20F4O/c1-7(2)9(3,4)11(14,15)16-10(5,6)8(12)13/h7-8H,1-6H3. The minimum atomic E-state index is -3.60. The molecule has 0 radical (unpaired) electrons. The summed E-state index contributed by atoms with van der Waals surface area (Å²) in [6.07, 6.45) is -6.55. The number of alkyl halides is 4. The Bertz CT molecular complexity index is 234. The zero-order valence-electron chi connectivity index (χ0n) is 10.6. The molecule has 0 N–H and O–H groups in total. The van der Waals surface area contributed by atoms with Crippen LogP contribution in [-0.2, 0) is 4.74 Å². The molecule has 0 amide bonds. The van der Waals surface area contributed by atoms with Crippen molar-refractivity contribution >= 4 is 0 Å². The third kappa shape index (κ3) is 3.09. The van der Waals surface area contributed by atoms with Crippen molar-refractivity contribution in [3.05, 3.63) is 0 Å². The summed E-state index contributed by atoms with van der Waals surface area (Å²) < 4.78 is 56.8. The smallest absolute Gasteiger partial charge is 0.308 e. The van der Waals surface area contributed by atoms with Gasteiger partial charge >= 0.3 is 6.11 Å². The lowest BCUT2D eigenvalue weighted by Gasteiger charge is -2.40. The van der Waals surface area contributed by atoms with Gasteiger partial charge in [-0.05, 0) is 19.8 Å². The second kappa shape index (κ2) is 4.51. The number of ether oxygens (including phenoxy) is 1. The van der Waals surface area contributed by atoms with Crippen molar-refractivity contribution in [2.24, 2.45) is 11.3 Å². The molecular weight excluding hydrogens is 224 g/mol. The van der Waals surface area contributed by atoms with Gasteiger partial charge in [0.05, 0.1) is 5.41 Å². The molecule has 0 aliphatic rings. The Morgan fingerprint density at radius 3 is 1.56 bits per heavy atom. The third-order valence-electron chi connectivity index (χ3n) is 3.11. The van der Waals surface area contributed by atoms with E-state index < -0.39 is 29.5 Å². The average Bonchev–Trinajstić information content (AvgIpc) is 2.00. The van der Waals surface area contributed by atoms with Gasteiger partial charge in [-0.15, -0.1) is 0 Å². The van der Waals surface area contributed by atoms with Gasteiger partial charge in [-0.25, -0.2) is 8.78 Å². The maximum absolute atomic E-state index is 13.8. The predicted molar refractivity (Wildman–Crippen MR) is 54.7 cm³/mol. The molecule has 0 saturated heterocycles. The fraction of sp³-hybridized carbons (Fsp3) is 1.00. The van der Waals surface area contributed by atoms with Gasteiger partial charge in [0, 0.05) is 0 Å². The van der Waals surface area contributed by atoms with Crippen molar-refractivity contribution in [2.45, 2.75) is 59.7 Å². The molecule has 0 saturated carbocycles. The Labute approximate surface area is 94.2 Å². The molecule has 0 fully saturated rings. The van der Waals surface area contributed by atoms with Crippen LogP contribution in [0.15, 0.2) is 0 Å². The second-order valence-corrected chi connectivity index (χ2v) is 5.40. The Kier molecular flexibility index (Phi) is 4.42. The number of rotatable bonds is 5. The molecule has 0 aromatic rings. The average molecular weight is 244 g/mol. The van der Waals surface area contributed by atoms with Gasteiger partial charge in [0.25, 0.3) is 6.43 Å². The fourth-order valence-corrected chi connectivity index (χ4v) is 0.843. The molecular formula is C11H20F4O. The Morgan fingerprint density at radius 1 is 0.938 bits per heavy atom. The molecule has 0 aliphatic carbocycles. The van der Waals surface area contributed by atoms with E-state index in [2.05, 4.69) is 4.74 Å². The molecule has 16 heavy (non-hydrogen) atoms. The lowest BCUT2D eigenvalue weighted by Crippen LogP contribution is -2.50. The highest BCUT2D eigenvalue weighted by Crippen LogP contribution is 2.45. The third-order valence-corrected chi connectivity index (χ3v) is 3.11. The minimum Gasteiger partial charge on any atom is -0.308 e. The normalized spacial score (nSPS) is 15.0.